The highest BCUT2D eigenvalue weighted by Gasteiger charge is 2.14. The Hall–Kier alpha value is -2.89. The monoisotopic (exact) mass is 316 g/mol. The molecule has 0 unspecified atom stereocenters. The van der Waals surface area contributed by atoms with Crippen LogP contribution in [0.3, 0.4) is 0 Å². The summed E-state index contributed by atoms with van der Waals surface area (Å²) in [5.41, 5.74) is 1.44. The third-order valence-electron chi connectivity index (χ3n) is 2.98. The van der Waals surface area contributed by atoms with Crippen molar-refractivity contribution >= 4 is 23.3 Å². The van der Waals surface area contributed by atoms with Crippen molar-refractivity contribution in [2.75, 3.05) is 18.5 Å². The molecule has 0 aromatic heterocycles. The number of nitrogens with one attached hydrogen (secondary N) is 2. The summed E-state index contributed by atoms with van der Waals surface area (Å²) in [4.78, 5) is 23.5. The van der Waals surface area contributed by atoms with Crippen LogP contribution in [-0.4, -0.2) is 25.0 Å². The number of halogens is 1. The number of carbonyl (C=O) groups excluding carboxylic acids is 2. The Morgan fingerprint density at radius 1 is 1.09 bits per heavy atom. The maximum Gasteiger partial charge on any atom is 0.340 e. The highest BCUT2D eigenvalue weighted by molar-refractivity contribution is 5.97. The van der Waals surface area contributed by atoms with E-state index >= 15 is 0 Å². The summed E-state index contributed by atoms with van der Waals surface area (Å²) in [5, 5.41) is 5.57. The van der Waals surface area contributed by atoms with Gasteiger partial charge in [-0.1, -0.05) is 12.1 Å². The molecule has 0 spiro atoms. The van der Waals surface area contributed by atoms with Crippen molar-refractivity contribution < 1.29 is 18.7 Å². The van der Waals surface area contributed by atoms with E-state index in [0.717, 1.165) is 0 Å². The van der Waals surface area contributed by atoms with E-state index in [1.807, 2.05) is 0 Å². The van der Waals surface area contributed by atoms with E-state index in [1.54, 1.807) is 43.3 Å². The molecule has 0 aliphatic rings. The summed E-state index contributed by atoms with van der Waals surface area (Å²) < 4.78 is 17.9. The van der Waals surface area contributed by atoms with E-state index in [1.165, 1.54) is 12.1 Å². The molecule has 0 aliphatic heterocycles. The lowest BCUT2D eigenvalue weighted by molar-refractivity contribution is -0.124. The van der Waals surface area contributed by atoms with Gasteiger partial charge in [-0.3, -0.25) is 4.79 Å². The first kappa shape index (κ1) is 16.5. The molecule has 2 aromatic carbocycles. The van der Waals surface area contributed by atoms with Crippen molar-refractivity contribution in [1.29, 1.82) is 0 Å². The molecule has 0 atom stereocenters. The molecule has 120 valence electrons. The predicted octanol–water partition coefficient (Wildman–Crippen LogP) is 2.86. The van der Waals surface area contributed by atoms with Gasteiger partial charge >= 0.3 is 5.97 Å². The summed E-state index contributed by atoms with van der Waals surface area (Å²) in [6, 6.07) is 12.5. The third kappa shape index (κ3) is 4.81. The number of anilines is 2. The predicted molar refractivity (Wildman–Crippen MR) is 85.1 cm³/mol. The molecule has 2 N–H and O–H groups in total. The largest absolute Gasteiger partial charge is 0.452 e. The molecule has 0 bridgehead atoms. The summed E-state index contributed by atoms with van der Waals surface area (Å²) in [7, 11) is 0. The molecule has 0 heterocycles. The van der Waals surface area contributed by atoms with Crippen LogP contribution in [0.25, 0.3) is 0 Å². The molecule has 6 heteroatoms. The quantitative estimate of drug-likeness (QED) is 0.804. The summed E-state index contributed by atoms with van der Waals surface area (Å²) in [5.74, 6) is -1.31. The molecule has 5 nitrogen and oxygen atoms in total. The number of carbonyl (C=O) groups is 2. The van der Waals surface area contributed by atoms with E-state index in [4.69, 9.17) is 4.74 Å². The van der Waals surface area contributed by atoms with Crippen LogP contribution in [0, 0.1) is 5.82 Å². The molecule has 2 rings (SSSR count). The molecule has 0 fully saturated rings. The van der Waals surface area contributed by atoms with Crippen LogP contribution in [-0.2, 0) is 9.53 Å². The van der Waals surface area contributed by atoms with Crippen LogP contribution in [0.15, 0.2) is 48.5 Å². The average molecular weight is 316 g/mol. The Kier molecular flexibility index (Phi) is 5.68. The zero-order valence-corrected chi connectivity index (χ0v) is 12.6. The van der Waals surface area contributed by atoms with Gasteiger partial charge in [-0.25, -0.2) is 9.18 Å². The molecule has 1 amide bonds. The van der Waals surface area contributed by atoms with Gasteiger partial charge in [-0.15, -0.1) is 0 Å². The summed E-state index contributed by atoms with van der Waals surface area (Å²) >= 11 is 0. The number of hydrogen-bond donors (Lipinski definition) is 2. The lowest BCUT2D eigenvalue weighted by atomic mass is 10.1. The number of likely N-dealkylation sites (N-methyl/N-ethyl adjacent to an activating group) is 1. The van der Waals surface area contributed by atoms with Crippen LogP contribution in [0.4, 0.5) is 15.8 Å². The van der Waals surface area contributed by atoms with E-state index in [0.29, 0.717) is 23.5 Å². The SMILES string of the molecule is CCNC(=O)COC(=O)c1ccccc1Nc1ccc(F)cc1. The minimum Gasteiger partial charge on any atom is -0.452 e. The minimum atomic E-state index is -0.610. The lowest BCUT2D eigenvalue weighted by Gasteiger charge is -2.11. The van der Waals surface area contributed by atoms with Crippen molar-refractivity contribution in [3.05, 3.63) is 59.9 Å². The van der Waals surface area contributed by atoms with Crippen LogP contribution >= 0.6 is 0 Å². The van der Waals surface area contributed by atoms with Gasteiger partial charge in [0.15, 0.2) is 6.61 Å². The minimum absolute atomic E-state index is 0.293. The first-order valence-corrected chi connectivity index (χ1v) is 7.15. The van der Waals surface area contributed by atoms with Crippen molar-refractivity contribution in [1.82, 2.24) is 5.32 Å². The van der Waals surface area contributed by atoms with Crippen LogP contribution in [0.2, 0.25) is 0 Å². The zero-order chi connectivity index (χ0) is 16.7. The Morgan fingerprint density at radius 3 is 2.48 bits per heavy atom. The van der Waals surface area contributed by atoms with Crippen LogP contribution in [0.5, 0.6) is 0 Å². The first-order chi connectivity index (χ1) is 11.1. The van der Waals surface area contributed by atoms with Crippen molar-refractivity contribution in [2.24, 2.45) is 0 Å². The number of rotatable bonds is 6. The number of amides is 1. The van der Waals surface area contributed by atoms with Gasteiger partial charge in [0.05, 0.1) is 11.3 Å². The van der Waals surface area contributed by atoms with Gasteiger partial charge in [-0.2, -0.15) is 0 Å². The van der Waals surface area contributed by atoms with Gasteiger partial charge < -0.3 is 15.4 Å². The average Bonchev–Trinajstić information content (AvgIpc) is 2.55. The number of para-hydroxylation sites is 1. The second kappa shape index (κ2) is 7.93. The van der Waals surface area contributed by atoms with Crippen LogP contribution in [0.1, 0.15) is 17.3 Å². The van der Waals surface area contributed by atoms with E-state index in [2.05, 4.69) is 10.6 Å². The van der Waals surface area contributed by atoms with Crippen LogP contribution < -0.4 is 10.6 Å². The topological polar surface area (TPSA) is 67.4 Å². The molecule has 23 heavy (non-hydrogen) atoms. The molecule has 0 radical (unpaired) electrons. The van der Waals surface area contributed by atoms with E-state index in [-0.39, 0.29) is 18.3 Å². The molecule has 0 aliphatic carbocycles. The molecule has 0 saturated carbocycles. The lowest BCUT2D eigenvalue weighted by Crippen LogP contribution is -2.28. The molecular weight excluding hydrogens is 299 g/mol. The Labute approximate surface area is 133 Å². The fourth-order valence-electron chi connectivity index (χ4n) is 1.92. The first-order valence-electron chi connectivity index (χ1n) is 7.15. The fraction of sp³-hybridized carbons (Fsp3) is 0.176. The molecule has 2 aromatic rings. The standard InChI is InChI=1S/C17H17FN2O3/c1-2-19-16(21)11-23-17(22)14-5-3-4-6-15(14)20-13-9-7-12(18)8-10-13/h3-10,20H,2,11H2,1H3,(H,19,21). The number of esters is 1. The number of benzene rings is 2. The third-order valence-corrected chi connectivity index (χ3v) is 2.98. The van der Waals surface area contributed by atoms with Gasteiger partial charge in [0, 0.05) is 12.2 Å². The normalized spacial score (nSPS) is 10.0. The highest BCUT2D eigenvalue weighted by Crippen LogP contribution is 2.21. The van der Waals surface area contributed by atoms with Crippen molar-refractivity contribution in [3.8, 4) is 0 Å². The van der Waals surface area contributed by atoms with Crippen molar-refractivity contribution in [3.63, 3.8) is 0 Å². The smallest absolute Gasteiger partial charge is 0.340 e. The second-order valence-electron chi connectivity index (χ2n) is 4.71. The van der Waals surface area contributed by atoms with E-state index in [9.17, 15) is 14.0 Å². The van der Waals surface area contributed by atoms with Gasteiger partial charge in [0.2, 0.25) is 0 Å². The second-order valence-corrected chi connectivity index (χ2v) is 4.71. The van der Waals surface area contributed by atoms with Gasteiger partial charge in [0.25, 0.3) is 5.91 Å². The number of ether oxygens (including phenoxy) is 1. The Bertz CT molecular complexity index is 686. The highest BCUT2D eigenvalue weighted by atomic mass is 19.1. The number of hydrogen-bond acceptors (Lipinski definition) is 4. The molecule has 0 saturated heterocycles. The molecular formula is C17H17FN2O3. The van der Waals surface area contributed by atoms with Gasteiger partial charge in [0.1, 0.15) is 5.82 Å². The maximum atomic E-state index is 12.9. The summed E-state index contributed by atoms with van der Waals surface area (Å²) in [6.07, 6.45) is 0. The maximum absolute atomic E-state index is 12.9. The zero-order valence-electron chi connectivity index (χ0n) is 12.6. The van der Waals surface area contributed by atoms with Gasteiger partial charge in [-0.05, 0) is 43.3 Å². The van der Waals surface area contributed by atoms with E-state index < -0.39 is 5.97 Å². The Balaban J connectivity index is 2.09. The summed E-state index contributed by atoms with van der Waals surface area (Å²) in [6.45, 7) is 1.91. The fourth-order valence-corrected chi connectivity index (χ4v) is 1.92. The van der Waals surface area contributed by atoms with Crippen molar-refractivity contribution in [2.45, 2.75) is 6.92 Å². The Morgan fingerprint density at radius 2 is 1.78 bits per heavy atom.